The summed E-state index contributed by atoms with van der Waals surface area (Å²) in [5.41, 5.74) is 1.15. The maximum atomic E-state index is 13.0. The number of hydrogen-bond acceptors (Lipinski definition) is 5. The van der Waals surface area contributed by atoms with Crippen molar-refractivity contribution in [3.05, 3.63) is 57.9 Å². The monoisotopic (exact) mass is 410 g/mol. The Morgan fingerprint density at radius 3 is 2.52 bits per heavy atom. The van der Waals surface area contributed by atoms with Gasteiger partial charge < -0.3 is 9.64 Å². The average molecular weight is 411 g/mol. The van der Waals surface area contributed by atoms with Gasteiger partial charge in [-0.2, -0.15) is 0 Å². The van der Waals surface area contributed by atoms with E-state index in [9.17, 15) is 4.79 Å². The van der Waals surface area contributed by atoms with Crippen molar-refractivity contribution in [2.45, 2.75) is 44.8 Å². The van der Waals surface area contributed by atoms with Crippen LogP contribution >= 0.6 is 11.6 Å². The molecule has 0 radical (unpaired) electrons. The third-order valence-electron chi connectivity index (χ3n) is 5.83. The van der Waals surface area contributed by atoms with Gasteiger partial charge in [0.2, 0.25) is 0 Å². The van der Waals surface area contributed by atoms with Crippen molar-refractivity contribution in [2.24, 2.45) is 0 Å². The van der Waals surface area contributed by atoms with Gasteiger partial charge in [-0.05, 0) is 62.9 Å². The lowest BCUT2D eigenvalue weighted by Crippen LogP contribution is -2.39. The first-order chi connectivity index (χ1) is 14.1. The molecule has 1 aliphatic heterocycles. The van der Waals surface area contributed by atoms with Crippen LogP contribution in [0.2, 0.25) is 5.15 Å². The van der Waals surface area contributed by atoms with Crippen LogP contribution in [0, 0.1) is 6.92 Å². The second-order valence-electron chi connectivity index (χ2n) is 7.90. The van der Waals surface area contributed by atoms with Gasteiger partial charge in [-0.3, -0.25) is 9.36 Å². The number of piperidine rings is 1. The van der Waals surface area contributed by atoms with Crippen LogP contribution in [0.25, 0.3) is 16.6 Å². The molecule has 1 saturated heterocycles. The molecule has 0 amide bonds. The third-order valence-corrected chi connectivity index (χ3v) is 6.03. The molecule has 150 valence electrons. The maximum Gasteiger partial charge on any atom is 0.266 e. The van der Waals surface area contributed by atoms with Crippen molar-refractivity contribution in [1.82, 2.24) is 19.4 Å². The number of aryl methyl sites for hydroxylation is 1. The molecule has 0 bridgehead atoms. The number of benzene rings is 1. The Balaban J connectivity index is 1.35. The molecule has 0 atom stereocenters. The van der Waals surface area contributed by atoms with Crippen molar-refractivity contribution >= 4 is 22.5 Å². The normalized spacial score (nSPS) is 18.3. The van der Waals surface area contributed by atoms with Crippen LogP contribution in [0.15, 0.2) is 41.3 Å². The van der Waals surface area contributed by atoms with Gasteiger partial charge in [0.1, 0.15) is 22.8 Å². The van der Waals surface area contributed by atoms with E-state index in [2.05, 4.69) is 14.9 Å². The molecule has 1 aromatic carbocycles. The summed E-state index contributed by atoms with van der Waals surface area (Å²) in [5.74, 6) is 1.44. The molecule has 6 nitrogen and oxygen atoms in total. The Morgan fingerprint density at radius 1 is 1.10 bits per heavy atom. The minimum absolute atomic E-state index is 0.155. The van der Waals surface area contributed by atoms with Crippen LogP contribution < -0.4 is 10.3 Å². The first-order valence-corrected chi connectivity index (χ1v) is 10.5. The largest absolute Gasteiger partial charge is 0.490 e. The fourth-order valence-electron chi connectivity index (χ4n) is 4.14. The molecular formula is C22H23ClN4O2. The number of rotatable bonds is 4. The lowest BCUT2D eigenvalue weighted by molar-refractivity contribution is 0.0965. The average Bonchev–Trinajstić information content (AvgIpc) is 3.56. The van der Waals surface area contributed by atoms with Crippen molar-refractivity contribution in [2.75, 3.05) is 13.1 Å². The fraction of sp³-hybridized carbons (Fsp3) is 0.409. The van der Waals surface area contributed by atoms with Crippen LogP contribution in [0.4, 0.5) is 0 Å². The zero-order valence-corrected chi connectivity index (χ0v) is 17.1. The first-order valence-electron chi connectivity index (χ1n) is 10.1. The SMILES string of the molecule is Cc1nc2cnc(Cl)cc2c(=O)n1-c1ccc(OC2CCN(C3CC3)CC2)cc1. The van der Waals surface area contributed by atoms with Crippen LogP contribution in [0.1, 0.15) is 31.5 Å². The lowest BCUT2D eigenvalue weighted by atomic mass is 10.1. The molecular weight excluding hydrogens is 388 g/mol. The van der Waals surface area contributed by atoms with E-state index < -0.39 is 0 Å². The van der Waals surface area contributed by atoms with E-state index in [0.29, 0.717) is 16.7 Å². The van der Waals surface area contributed by atoms with Gasteiger partial charge in [0.15, 0.2) is 0 Å². The standard InChI is InChI=1S/C22H23ClN4O2/c1-14-25-20-13-24-21(23)12-19(20)22(28)27(14)16-4-6-17(7-5-16)29-18-8-10-26(11-9-18)15-2-3-15/h4-7,12-13,15,18H,2-3,8-11H2,1H3. The Bertz CT molecular complexity index is 1100. The first kappa shape index (κ1) is 18.6. The van der Waals surface area contributed by atoms with Crippen molar-refractivity contribution in [1.29, 1.82) is 0 Å². The number of nitrogens with zero attached hydrogens (tertiary/aromatic N) is 4. The zero-order chi connectivity index (χ0) is 20.0. The number of hydrogen-bond donors (Lipinski definition) is 0. The number of ether oxygens (including phenoxy) is 1. The molecule has 2 aliphatic rings. The highest BCUT2D eigenvalue weighted by atomic mass is 35.5. The molecule has 2 fully saturated rings. The van der Waals surface area contributed by atoms with Gasteiger partial charge in [-0.1, -0.05) is 11.6 Å². The van der Waals surface area contributed by atoms with Crippen LogP contribution in [0.3, 0.4) is 0 Å². The molecule has 0 unspecified atom stereocenters. The van der Waals surface area contributed by atoms with Crippen LogP contribution in [-0.2, 0) is 0 Å². The summed E-state index contributed by atoms with van der Waals surface area (Å²) in [4.78, 5) is 24.1. The van der Waals surface area contributed by atoms with E-state index in [0.717, 1.165) is 43.4 Å². The van der Waals surface area contributed by atoms with E-state index in [1.165, 1.54) is 19.0 Å². The smallest absolute Gasteiger partial charge is 0.266 e. The second-order valence-corrected chi connectivity index (χ2v) is 8.29. The molecule has 1 aliphatic carbocycles. The molecule has 0 spiro atoms. The summed E-state index contributed by atoms with van der Waals surface area (Å²) in [5, 5.41) is 0.738. The topological polar surface area (TPSA) is 60.3 Å². The summed E-state index contributed by atoms with van der Waals surface area (Å²) in [7, 11) is 0. The van der Waals surface area contributed by atoms with Crippen molar-refractivity contribution < 1.29 is 4.74 Å². The number of fused-ring (bicyclic) bond motifs is 1. The summed E-state index contributed by atoms with van der Waals surface area (Å²) >= 11 is 5.97. The highest BCUT2D eigenvalue weighted by Crippen LogP contribution is 2.30. The fourth-order valence-corrected chi connectivity index (χ4v) is 4.30. The quantitative estimate of drug-likeness (QED) is 0.613. The van der Waals surface area contributed by atoms with E-state index in [1.54, 1.807) is 10.6 Å². The lowest BCUT2D eigenvalue weighted by Gasteiger charge is -2.32. The van der Waals surface area contributed by atoms with Crippen molar-refractivity contribution in [3.8, 4) is 11.4 Å². The van der Waals surface area contributed by atoms with Gasteiger partial charge in [-0.15, -0.1) is 0 Å². The molecule has 3 aromatic rings. The summed E-state index contributed by atoms with van der Waals surface area (Å²) in [6.45, 7) is 4.07. The van der Waals surface area contributed by atoms with Gasteiger partial charge in [0.25, 0.3) is 5.56 Å². The van der Waals surface area contributed by atoms with E-state index in [-0.39, 0.29) is 16.8 Å². The number of halogens is 1. The van der Waals surface area contributed by atoms with Crippen molar-refractivity contribution in [3.63, 3.8) is 0 Å². The summed E-state index contributed by atoms with van der Waals surface area (Å²) in [6, 6.07) is 10.1. The number of pyridine rings is 1. The Labute approximate surface area is 174 Å². The van der Waals surface area contributed by atoms with E-state index >= 15 is 0 Å². The van der Waals surface area contributed by atoms with Gasteiger partial charge in [0, 0.05) is 19.1 Å². The third kappa shape index (κ3) is 3.74. The second kappa shape index (κ2) is 7.43. The molecule has 0 N–H and O–H groups in total. The summed E-state index contributed by atoms with van der Waals surface area (Å²) in [6.07, 6.45) is 6.65. The highest BCUT2D eigenvalue weighted by Gasteiger charge is 2.32. The predicted octanol–water partition coefficient (Wildman–Crippen LogP) is 3.75. The highest BCUT2D eigenvalue weighted by molar-refractivity contribution is 6.30. The minimum atomic E-state index is -0.155. The predicted molar refractivity (Wildman–Crippen MR) is 113 cm³/mol. The molecule has 3 heterocycles. The number of likely N-dealkylation sites (tertiary alicyclic amines) is 1. The minimum Gasteiger partial charge on any atom is -0.490 e. The van der Waals surface area contributed by atoms with Gasteiger partial charge in [-0.25, -0.2) is 9.97 Å². The Hall–Kier alpha value is -2.44. The molecule has 2 aromatic heterocycles. The molecule has 7 heteroatoms. The summed E-state index contributed by atoms with van der Waals surface area (Å²) < 4.78 is 7.78. The molecule has 5 rings (SSSR count). The van der Waals surface area contributed by atoms with E-state index in [4.69, 9.17) is 16.3 Å². The Morgan fingerprint density at radius 2 is 1.83 bits per heavy atom. The van der Waals surface area contributed by atoms with Gasteiger partial charge in [0.05, 0.1) is 22.8 Å². The number of aromatic nitrogens is 3. The zero-order valence-electron chi connectivity index (χ0n) is 16.3. The maximum absolute atomic E-state index is 13.0. The van der Waals surface area contributed by atoms with Gasteiger partial charge >= 0.3 is 0 Å². The van der Waals surface area contributed by atoms with Crippen LogP contribution in [0.5, 0.6) is 5.75 Å². The van der Waals surface area contributed by atoms with E-state index in [1.807, 2.05) is 31.2 Å². The Kier molecular flexibility index (Phi) is 4.76. The molecule has 29 heavy (non-hydrogen) atoms. The molecule has 1 saturated carbocycles. The van der Waals surface area contributed by atoms with Crippen LogP contribution in [-0.4, -0.2) is 44.7 Å².